The van der Waals surface area contributed by atoms with Gasteiger partial charge in [0.2, 0.25) is 0 Å². The zero-order chi connectivity index (χ0) is 28.9. The number of carbonyl (C=O) groups excluding carboxylic acids is 2. The smallest absolute Gasteiger partial charge is 0.338 e. The lowest BCUT2D eigenvalue weighted by Crippen LogP contribution is -2.13. The van der Waals surface area contributed by atoms with E-state index in [1.807, 2.05) is 0 Å². The van der Waals surface area contributed by atoms with Crippen molar-refractivity contribution in [2.24, 2.45) is 11.8 Å². The molecule has 0 saturated carbocycles. The van der Waals surface area contributed by atoms with Gasteiger partial charge in [-0.25, -0.2) is 14.4 Å². The fraction of sp³-hybridized carbons (Fsp3) is 0.727. The molecule has 1 N–H and O–H groups in total. The summed E-state index contributed by atoms with van der Waals surface area (Å²) < 4.78 is 10.7. The Morgan fingerprint density at radius 3 is 1.18 bits per heavy atom. The van der Waals surface area contributed by atoms with Crippen LogP contribution < -0.4 is 0 Å². The molecule has 39 heavy (non-hydrogen) atoms. The average molecular weight is 547 g/mol. The second kappa shape index (κ2) is 21.5. The fourth-order valence-electron chi connectivity index (χ4n) is 4.56. The van der Waals surface area contributed by atoms with Crippen molar-refractivity contribution in [3.63, 3.8) is 0 Å². The Morgan fingerprint density at radius 1 is 0.538 bits per heavy atom. The summed E-state index contributed by atoms with van der Waals surface area (Å²) >= 11 is 0. The van der Waals surface area contributed by atoms with Gasteiger partial charge in [-0.05, 0) is 42.9 Å². The summed E-state index contributed by atoms with van der Waals surface area (Å²) in [5, 5.41) is 9.45. The molecule has 0 atom stereocenters. The van der Waals surface area contributed by atoms with E-state index in [1.165, 1.54) is 82.4 Å². The molecule has 0 spiro atoms. The Morgan fingerprint density at radius 2 is 0.846 bits per heavy atom. The number of aromatic carboxylic acids is 1. The maximum Gasteiger partial charge on any atom is 0.338 e. The summed E-state index contributed by atoms with van der Waals surface area (Å²) in [6, 6.07) is 3.87. The van der Waals surface area contributed by atoms with Crippen LogP contribution in [0, 0.1) is 11.8 Å². The summed E-state index contributed by atoms with van der Waals surface area (Å²) in [5.41, 5.74) is -0.0136. The lowest BCUT2D eigenvalue weighted by Gasteiger charge is -2.09. The van der Waals surface area contributed by atoms with Crippen LogP contribution >= 0.6 is 0 Å². The third-order valence-corrected chi connectivity index (χ3v) is 6.97. The van der Waals surface area contributed by atoms with Gasteiger partial charge in [0, 0.05) is 0 Å². The van der Waals surface area contributed by atoms with Gasteiger partial charge in [-0.3, -0.25) is 0 Å². The van der Waals surface area contributed by atoms with Crippen molar-refractivity contribution in [1.29, 1.82) is 0 Å². The minimum Gasteiger partial charge on any atom is -0.478 e. The van der Waals surface area contributed by atoms with Gasteiger partial charge < -0.3 is 14.6 Å². The Hall–Kier alpha value is -2.37. The van der Waals surface area contributed by atoms with Crippen LogP contribution in [0.15, 0.2) is 18.2 Å². The normalized spacial score (nSPS) is 11.2. The molecule has 0 aromatic heterocycles. The minimum absolute atomic E-state index is 0.0597. The first-order valence-corrected chi connectivity index (χ1v) is 15.4. The number of benzene rings is 1. The van der Waals surface area contributed by atoms with Crippen molar-refractivity contribution in [2.45, 2.75) is 130 Å². The summed E-state index contributed by atoms with van der Waals surface area (Å²) in [5.74, 6) is -0.901. The first-order chi connectivity index (χ1) is 18.7. The molecule has 0 aliphatic rings. The van der Waals surface area contributed by atoms with Crippen molar-refractivity contribution < 1.29 is 29.0 Å². The lowest BCUT2D eigenvalue weighted by atomic mass is 10.0. The van der Waals surface area contributed by atoms with Crippen molar-refractivity contribution in [3.05, 3.63) is 34.9 Å². The van der Waals surface area contributed by atoms with Crippen LogP contribution in [-0.4, -0.2) is 36.2 Å². The highest BCUT2D eigenvalue weighted by Crippen LogP contribution is 2.16. The summed E-state index contributed by atoms with van der Waals surface area (Å²) in [4.78, 5) is 36.7. The van der Waals surface area contributed by atoms with Gasteiger partial charge in [-0.1, -0.05) is 118 Å². The van der Waals surface area contributed by atoms with E-state index in [4.69, 9.17) is 9.47 Å². The number of esters is 2. The predicted octanol–water partition coefficient (Wildman–Crippen LogP) is 9.25. The SMILES string of the molecule is CC(C)CCCCCCCCCOC(=O)c1cc(C(=O)O)cc(C(=O)OCCCCCCCCCC(C)C)c1. The van der Waals surface area contributed by atoms with E-state index < -0.39 is 17.9 Å². The molecule has 6 nitrogen and oxygen atoms in total. The predicted molar refractivity (Wildman–Crippen MR) is 158 cm³/mol. The number of unbranched alkanes of at least 4 members (excludes halogenated alkanes) is 12. The minimum atomic E-state index is -1.21. The van der Waals surface area contributed by atoms with Crippen molar-refractivity contribution >= 4 is 17.9 Å². The van der Waals surface area contributed by atoms with E-state index >= 15 is 0 Å². The molecule has 1 aromatic carbocycles. The van der Waals surface area contributed by atoms with Crippen LogP contribution in [-0.2, 0) is 9.47 Å². The molecular weight excluding hydrogens is 492 g/mol. The third kappa shape index (κ3) is 17.8. The molecular formula is C33H54O6. The van der Waals surface area contributed by atoms with E-state index in [2.05, 4.69) is 27.7 Å². The van der Waals surface area contributed by atoms with Crippen LogP contribution in [0.4, 0.5) is 0 Å². The van der Waals surface area contributed by atoms with Crippen LogP contribution in [0.1, 0.15) is 162 Å². The molecule has 0 aliphatic heterocycles. The Labute approximate surface area is 237 Å². The number of carbonyl (C=O) groups is 3. The van der Waals surface area contributed by atoms with Crippen LogP contribution in [0.3, 0.4) is 0 Å². The van der Waals surface area contributed by atoms with Crippen LogP contribution in [0.25, 0.3) is 0 Å². The van der Waals surface area contributed by atoms with Gasteiger partial charge >= 0.3 is 17.9 Å². The molecule has 0 unspecified atom stereocenters. The summed E-state index contributed by atoms with van der Waals surface area (Å²) in [6.45, 7) is 9.58. The van der Waals surface area contributed by atoms with E-state index in [9.17, 15) is 19.5 Å². The van der Waals surface area contributed by atoms with Crippen molar-refractivity contribution in [2.75, 3.05) is 13.2 Å². The molecule has 0 radical (unpaired) electrons. The zero-order valence-electron chi connectivity index (χ0n) is 25.1. The molecule has 6 heteroatoms. The number of hydrogen-bond donors (Lipinski definition) is 1. The van der Waals surface area contributed by atoms with Gasteiger partial charge in [0.15, 0.2) is 0 Å². The second-order valence-corrected chi connectivity index (χ2v) is 11.7. The summed E-state index contributed by atoms with van der Waals surface area (Å²) in [6.07, 6.45) is 18.3. The van der Waals surface area contributed by atoms with Gasteiger partial charge in [-0.2, -0.15) is 0 Å². The summed E-state index contributed by atoms with van der Waals surface area (Å²) in [7, 11) is 0. The van der Waals surface area contributed by atoms with Gasteiger partial charge in [0.25, 0.3) is 0 Å². The quantitative estimate of drug-likeness (QED) is 0.109. The highest BCUT2D eigenvalue weighted by atomic mass is 16.5. The number of carboxylic acid groups (broad SMARTS) is 1. The molecule has 0 aliphatic carbocycles. The molecule has 1 aromatic rings. The van der Waals surface area contributed by atoms with Crippen LogP contribution in [0.5, 0.6) is 0 Å². The Kier molecular flexibility index (Phi) is 19.1. The molecule has 0 fully saturated rings. The fourth-order valence-corrected chi connectivity index (χ4v) is 4.56. The number of rotatable bonds is 23. The van der Waals surface area contributed by atoms with Crippen LogP contribution in [0.2, 0.25) is 0 Å². The molecule has 0 bridgehead atoms. The van der Waals surface area contributed by atoms with E-state index in [0.717, 1.165) is 50.4 Å². The van der Waals surface area contributed by atoms with Crippen molar-refractivity contribution in [1.82, 2.24) is 0 Å². The molecule has 222 valence electrons. The number of ether oxygens (including phenoxy) is 2. The van der Waals surface area contributed by atoms with Gasteiger partial charge in [-0.15, -0.1) is 0 Å². The number of hydrogen-bond acceptors (Lipinski definition) is 5. The molecule has 0 saturated heterocycles. The Balaban J connectivity index is 2.35. The zero-order valence-corrected chi connectivity index (χ0v) is 25.1. The topological polar surface area (TPSA) is 89.9 Å². The van der Waals surface area contributed by atoms with Gasteiger partial charge in [0.05, 0.1) is 29.9 Å². The average Bonchev–Trinajstić information content (AvgIpc) is 2.89. The second-order valence-electron chi connectivity index (χ2n) is 11.7. The van der Waals surface area contributed by atoms with E-state index in [0.29, 0.717) is 0 Å². The Bertz CT molecular complexity index is 771. The van der Waals surface area contributed by atoms with Gasteiger partial charge in [0.1, 0.15) is 0 Å². The lowest BCUT2D eigenvalue weighted by molar-refractivity contribution is 0.0496. The molecule has 0 amide bonds. The largest absolute Gasteiger partial charge is 0.478 e. The van der Waals surface area contributed by atoms with E-state index in [-0.39, 0.29) is 29.9 Å². The number of carboxylic acids is 1. The third-order valence-electron chi connectivity index (χ3n) is 6.97. The highest BCUT2D eigenvalue weighted by molar-refractivity contribution is 6.00. The van der Waals surface area contributed by atoms with E-state index in [1.54, 1.807) is 0 Å². The maximum absolute atomic E-state index is 12.5. The molecule has 1 rings (SSSR count). The maximum atomic E-state index is 12.5. The monoisotopic (exact) mass is 546 g/mol. The van der Waals surface area contributed by atoms with Crippen molar-refractivity contribution in [3.8, 4) is 0 Å². The first kappa shape index (κ1) is 34.7. The highest BCUT2D eigenvalue weighted by Gasteiger charge is 2.17. The first-order valence-electron chi connectivity index (χ1n) is 15.4. The standard InChI is InChI=1S/C33H54O6/c1-26(2)19-15-11-7-5-9-13-17-21-38-32(36)29-23-28(31(34)35)24-30(25-29)33(37)39-22-18-14-10-6-8-12-16-20-27(3)4/h23-27H,5-22H2,1-4H3,(H,34,35). The molecule has 0 heterocycles.